The second kappa shape index (κ2) is 10.1. The molecular weight excluding hydrogens is 389 g/mol. The predicted octanol–water partition coefficient (Wildman–Crippen LogP) is 3.42. The Kier molecular flexibility index (Phi) is 7.86. The number of carbonyl (C=O) groups is 1. The molecule has 2 N–H and O–H groups in total. The van der Waals surface area contributed by atoms with Gasteiger partial charge in [-0.05, 0) is 37.4 Å². The lowest BCUT2D eigenvalue weighted by Crippen LogP contribution is -2.33. The molecule has 0 aliphatic heterocycles. The van der Waals surface area contributed by atoms with E-state index in [2.05, 4.69) is 10.1 Å². The van der Waals surface area contributed by atoms with Gasteiger partial charge in [-0.3, -0.25) is 9.69 Å². The first-order chi connectivity index (χ1) is 13.6. The molecule has 1 atom stereocenters. The minimum absolute atomic E-state index is 0.00449. The first kappa shape index (κ1) is 22.5. The van der Waals surface area contributed by atoms with Crippen molar-refractivity contribution in [2.75, 3.05) is 25.5 Å². The topological polar surface area (TPSA) is 71.0 Å². The monoisotopic (exact) mass is 412 g/mol. The van der Waals surface area contributed by atoms with Crippen LogP contribution in [-0.4, -0.2) is 48.6 Å². The molecule has 0 fully saturated rings. The maximum absolute atomic E-state index is 12.5. The van der Waals surface area contributed by atoms with E-state index in [-0.39, 0.29) is 31.4 Å². The molecule has 1 unspecified atom stereocenters. The van der Waals surface area contributed by atoms with Crippen molar-refractivity contribution in [3.8, 4) is 11.5 Å². The maximum atomic E-state index is 12.5. The van der Waals surface area contributed by atoms with E-state index >= 15 is 0 Å². The summed E-state index contributed by atoms with van der Waals surface area (Å²) in [6, 6.07) is 12.5. The summed E-state index contributed by atoms with van der Waals surface area (Å²) in [7, 11) is 1.68. The summed E-state index contributed by atoms with van der Waals surface area (Å²) in [5.74, 6) is 0.0703. The molecule has 29 heavy (non-hydrogen) atoms. The van der Waals surface area contributed by atoms with Crippen molar-refractivity contribution in [2.24, 2.45) is 0 Å². The van der Waals surface area contributed by atoms with Crippen molar-refractivity contribution >= 4 is 11.6 Å². The van der Waals surface area contributed by atoms with E-state index in [1.165, 1.54) is 25.1 Å². The van der Waals surface area contributed by atoms with E-state index in [0.717, 1.165) is 0 Å². The Balaban J connectivity index is 1.83. The zero-order valence-electron chi connectivity index (χ0n) is 16.1. The van der Waals surface area contributed by atoms with Gasteiger partial charge in [0.25, 0.3) is 0 Å². The molecule has 0 heterocycles. The van der Waals surface area contributed by atoms with Crippen LogP contribution < -0.4 is 14.8 Å². The van der Waals surface area contributed by atoms with Crippen LogP contribution in [0.2, 0.25) is 0 Å². The average Bonchev–Trinajstić information content (AvgIpc) is 2.61. The van der Waals surface area contributed by atoms with Gasteiger partial charge in [-0.25, -0.2) is 0 Å². The van der Waals surface area contributed by atoms with Gasteiger partial charge in [0.15, 0.2) is 0 Å². The Morgan fingerprint density at radius 3 is 2.45 bits per heavy atom. The molecule has 0 bridgehead atoms. The summed E-state index contributed by atoms with van der Waals surface area (Å²) < 4.78 is 47.1. The molecular formula is C20H23F3N2O4. The van der Waals surface area contributed by atoms with Gasteiger partial charge in [0, 0.05) is 31.3 Å². The number of benzene rings is 2. The number of anilines is 1. The molecule has 0 aliphatic rings. The number of aliphatic hydroxyl groups is 1. The van der Waals surface area contributed by atoms with Gasteiger partial charge >= 0.3 is 6.36 Å². The van der Waals surface area contributed by atoms with Gasteiger partial charge in [0.2, 0.25) is 5.91 Å². The molecule has 2 aromatic rings. The van der Waals surface area contributed by atoms with Crippen molar-refractivity contribution in [1.82, 2.24) is 4.90 Å². The van der Waals surface area contributed by atoms with E-state index in [1.807, 2.05) is 0 Å². The minimum atomic E-state index is -4.77. The Bertz CT molecular complexity index is 797. The number of rotatable bonds is 9. The van der Waals surface area contributed by atoms with Crippen LogP contribution in [0, 0.1) is 0 Å². The smallest absolute Gasteiger partial charge is 0.491 e. The lowest BCUT2D eigenvalue weighted by atomic mass is 10.2. The Hall–Kier alpha value is -2.78. The molecule has 0 aliphatic carbocycles. The highest BCUT2D eigenvalue weighted by molar-refractivity contribution is 5.88. The standard InChI is InChI=1S/C20H23F3N2O4/c1-14(26)24-16-7-9-18(10-8-16)28-13-17(27)12-25(2)11-15-5-3-4-6-19(15)29-20(21,22)23/h3-10,17,27H,11-13H2,1-2H3,(H,24,26). The number of carbonyl (C=O) groups excluding carboxylic acids is 1. The summed E-state index contributed by atoms with van der Waals surface area (Å²) in [6.45, 7) is 1.76. The second-order valence-corrected chi connectivity index (χ2v) is 6.52. The van der Waals surface area contributed by atoms with Crippen molar-refractivity contribution in [3.05, 3.63) is 54.1 Å². The number of nitrogens with zero attached hydrogens (tertiary/aromatic N) is 1. The van der Waals surface area contributed by atoms with Crippen LogP contribution in [0.3, 0.4) is 0 Å². The van der Waals surface area contributed by atoms with Crippen molar-refractivity contribution in [2.45, 2.75) is 25.9 Å². The summed E-state index contributed by atoms with van der Waals surface area (Å²) in [4.78, 5) is 12.7. The number of hydrogen-bond donors (Lipinski definition) is 2. The lowest BCUT2D eigenvalue weighted by molar-refractivity contribution is -0.275. The van der Waals surface area contributed by atoms with Gasteiger partial charge in [-0.1, -0.05) is 18.2 Å². The number of hydrogen-bond acceptors (Lipinski definition) is 5. The normalized spacial score (nSPS) is 12.5. The number of ether oxygens (including phenoxy) is 2. The fraction of sp³-hybridized carbons (Fsp3) is 0.350. The third-order valence-electron chi connectivity index (χ3n) is 3.78. The Labute approximate surface area is 166 Å². The number of para-hydroxylation sites is 1. The summed E-state index contributed by atoms with van der Waals surface area (Å²) in [6.07, 6.45) is -5.62. The molecule has 0 aromatic heterocycles. The van der Waals surface area contributed by atoms with Crippen LogP contribution in [0.25, 0.3) is 0 Å². The lowest BCUT2D eigenvalue weighted by Gasteiger charge is -2.22. The van der Waals surface area contributed by atoms with Gasteiger partial charge in [-0.2, -0.15) is 0 Å². The van der Waals surface area contributed by atoms with E-state index in [1.54, 1.807) is 42.3 Å². The van der Waals surface area contributed by atoms with Crippen LogP contribution in [0.1, 0.15) is 12.5 Å². The first-order valence-corrected chi connectivity index (χ1v) is 8.83. The maximum Gasteiger partial charge on any atom is 0.573 e. The van der Waals surface area contributed by atoms with Gasteiger partial charge in [0.1, 0.15) is 24.2 Å². The minimum Gasteiger partial charge on any atom is -0.491 e. The molecule has 0 saturated carbocycles. The van der Waals surface area contributed by atoms with Gasteiger partial charge < -0.3 is 19.9 Å². The molecule has 0 radical (unpaired) electrons. The molecule has 0 spiro atoms. The first-order valence-electron chi connectivity index (χ1n) is 8.83. The van der Waals surface area contributed by atoms with Gasteiger partial charge in [0.05, 0.1) is 0 Å². The SMILES string of the molecule is CC(=O)Nc1ccc(OCC(O)CN(C)Cc2ccccc2OC(F)(F)F)cc1. The Morgan fingerprint density at radius 2 is 1.83 bits per heavy atom. The fourth-order valence-corrected chi connectivity index (χ4v) is 2.66. The van der Waals surface area contributed by atoms with Crippen LogP contribution in [0.15, 0.2) is 48.5 Å². The molecule has 1 amide bonds. The van der Waals surface area contributed by atoms with E-state index < -0.39 is 12.5 Å². The number of nitrogens with one attached hydrogen (secondary N) is 1. The highest BCUT2D eigenvalue weighted by Crippen LogP contribution is 2.27. The van der Waals surface area contributed by atoms with E-state index in [4.69, 9.17) is 4.74 Å². The van der Waals surface area contributed by atoms with Crippen LogP contribution in [0.4, 0.5) is 18.9 Å². The summed E-state index contributed by atoms with van der Waals surface area (Å²) in [5.41, 5.74) is 0.985. The summed E-state index contributed by atoms with van der Waals surface area (Å²) in [5, 5.41) is 12.8. The second-order valence-electron chi connectivity index (χ2n) is 6.52. The van der Waals surface area contributed by atoms with Crippen molar-refractivity contribution in [3.63, 3.8) is 0 Å². The zero-order chi connectivity index (χ0) is 21.4. The molecule has 2 aromatic carbocycles. The molecule has 9 heteroatoms. The zero-order valence-corrected chi connectivity index (χ0v) is 16.1. The predicted molar refractivity (Wildman–Crippen MR) is 102 cm³/mol. The van der Waals surface area contributed by atoms with E-state index in [0.29, 0.717) is 17.0 Å². The van der Waals surface area contributed by atoms with Gasteiger partial charge in [-0.15, -0.1) is 13.2 Å². The fourth-order valence-electron chi connectivity index (χ4n) is 2.66. The number of alkyl halides is 3. The highest BCUT2D eigenvalue weighted by Gasteiger charge is 2.32. The number of halogens is 3. The van der Waals surface area contributed by atoms with Crippen LogP contribution >= 0.6 is 0 Å². The molecule has 0 saturated heterocycles. The third kappa shape index (κ3) is 8.41. The molecule has 2 rings (SSSR count). The van der Waals surface area contributed by atoms with Crippen LogP contribution in [0.5, 0.6) is 11.5 Å². The van der Waals surface area contributed by atoms with Crippen molar-refractivity contribution < 1.29 is 32.5 Å². The van der Waals surface area contributed by atoms with Crippen molar-refractivity contribution in [1.29, 1.82) is 0 Å². The third-order valence-corrected chi connectivity index (χ3v) is 3.78. The number of aliphatic hydroxyl groups excluding tert-OH is 1. The quantitative estimate of drug-likeness (QED) is 0.661. The number of likely N-dealkylation sites (N-methyl/N-ethyl adjacent to an activating group) is 1. The largest absolute Gasteiger partial charge is 0.573 e. The summed E-state index contributed by atoms with van der Waals surface area (Å²) >= 11 is 0. The molecule has 158 valence electrons. The van der Waals surface area contributed by atoms with Crippen LogP contribution in [-0.2, 0) is 11.3 Å². The van der Waals surface area contributed by atoms with E-state index in [9.17, 15) is 23.1 Å². The number of amides is 1. The molecule has 6 nitrogen and oxygen atoms in total. The highest BCUT2D eigenvalue weighted by atomic mass is 19.4. The average molecular weight is 412 g/mol. The Morgan fingerprint density at radius 1 is 1.17 bits per heavy atom.